The van der Waals surface area contributed by atoms with Crippen molar-refractivity contribution in [2.75, 3.05) is 31.1 Å². The summed E-state index contributed by atoms with van der Waals surface area (Å²) >= 11 is 0. The van der Waals surface area contributed by atoms with Crippen molar-refractivity contribution in [3.63, 3.8) is 0 Å². The summed E-state index contributed by atoms with van der Waals surface area (Å²) in [4.78, 5) is 2.28. The average molecular weight is 260 g/mol. The van der Waals surface area contributed by atoms with Gasteiger partial charge in [-0.05, 0) is 25.1 Å². The van der Waals surface area contributed by atoms with Gasteiger partial charge >= 0.3 is 0 Å². The highest BCUT2D eigenvalue weighted by Gasteiger charge is 2.17. The zero-order chi connectivity index (χ0) is 13.2. The molecule has 0 unspecified atom stereocenters. The van der Waals surface area contributed by atoms with Crippen molar-refractivity contribution in [1.82, 2.24) is 15.1 Å². The second-order valence-corrected chi connectivity index (χ2v) is 4.77. The molecule has 1 aliphatic heterocycles. The number of hydrogen-bond donors (Lipinski definition) is 1. The van der Waals surface area contributed by atoms with Gasteiger partial charge in [-0.1, -0.05) is 6.07 Å². The van der Waals surface area contributed by atoms with Gasteiger partial charge in [0.2, 0.25) is 0 Å². The maximum absolute atomic E-state index is 13.4. The quantitative estimate of drug-likeness (QED) is 0.892. The molecule has 0 aliphatic carbocycles. The highest BCUT2D eigenvalue weighted by molar-refractivity contribution is 5.48. The Bertz CT molecular complexity index is 573. The topological polar surface area (TPSA) is 33.1 Å². The minimum atomic E-state index is -0.239. The van der Waals surface area contributed by atoms with Gasteiger partial charge in [0.05, 0.1) is 11.4 Å². The van der Waals surface area contributed by atoms with E-state index >= 15 is 0 Å². The first kappa shape index (κ1) is 12.2. The Morgan fingerprint density at radius 3 is 2.74 bits per heavy atom. The molecule has 0 amide bonds. The van der Waals surface area contributed by atoms with Gasteiger partial charge in [-0.25, -0.2) is 9.07 Å². The highest BCUT2D eigenvalue weighted by Crippen LogP contribution is 2.21. The Hall–Kier alpha value is -1.88. The summed E-state index contributed by atoms with van der Waals surface area (Å²) < 4.78 is 15.2. The molecule has 1 aromatic carbocycles. The van der Waals surface area contributed by atoms with Crippen molar-refractivity contribution in [3.05, 3.63) is 41.8 Å². The van der Waals surface area contributed by atoms with Gasteiger partial charge in [0, 0.05) is 32.2 Å². The molecule has 5 heteroatoms. The third kappa shape index (κ3) is 2.46. The number of aromatic nitrogens is 2. The maximum atomic E-state index is 13.4. The molecule has 100 valence electrons. The van der Waals surface area contributed by atoms with Crippen LogP contribution in [-0.2, 0) is 0 Å². The van der Waals surface area contributed by atoms with Gasteiger partial charge in [0.15, 0.2) is 0 Å². The molecule has 0 spiro atoms. The van der Waals surface area contributed by atoms with Crippen LogP contribution < -0.4 is 10.2 Å². The molecular weight excluding hydrogens is 243 g/mol. The normalized spacial score (nSPS) is 15.8. The molecule has 2 aromatic rings. The molecule has 19 heavy (non-hydrogen) atoms. The molecule has 1 saturated heterocycles. The summed E-state index contributed by atoms with van der Waals surface area (Å²) in [7, 11) is 0. The van der Waals surface area contributed by atoms with Crippen LogP contribution in [0.15, 0.2) is 30.3 Å². The van der Waals surface area contributed by atoms with Crippen molar-refractivity contribution < 1.29 is 4.39 Å². The third-order valence-electron chi connectivity index (χ3n) is 3.31. The highest BCUT2D eigenvalue weighted by atomic mass is 19.1. The number of halogens is 1. The van der Waals surface area contributed by atoms with Crippen LogP contribution in [0.1, 0.15) is 5.69 Å². The minimum absolute atomic E-state index is 0.239. The lowest BCUT2D eigenvalue weighted by Crippen LogP contribution is -2.44. The van der Waals surface area contributed by atoms with Gasteiger partial charge in [-0.15, -0.1) is 0 Å². The molecule has 0 saturated carbocycles. The number of benzene rings is 1. The first-order valence-electron chi connectivity index (χ1n) is 6.52. The average Bonchev–Trinajstić information content (AvgIpc) is 2.82. The van der Waals surface area contributed by atoms with Crippen LogP contribution in [0.5, 0.6) is 0 Å². The Kier molecular flexibility index (Phi) is 3.21. The SMILES string of the molecule is Cc1cc(N2CCNCC2)n(-c2cccc(F)c2)n1. The largest absolute Gasteiger partial charge is 0.354 e. The van der Waals surface area contributed by atoms with Crippen molar-refractivity contribution >= 4 is 5.82 Å². The third-order valence-corrected chi connectivity index (χ3v) is 3.31. The zero-order valence-corrected chi connectivity index (χ0v) is 10.9. The zero-order valence-electron chi connectivity index (χ0n) is 10.9. The van der Waals surface area contributed by atoms with E-state index in [-0.39, 0.29) is 5.82 Å². The number of nitrogens with zero attached hydrogens (tertiary/aromatic N) is 3. The number of anilines is 1. The van der Waals surface area contributed by atoms with Gasteiger partial charge in [0.1, 0.15) is 11.6 Å². The molecule has 0 radical (unpaired) electrons. The van der Waals surface area contributed by atoms with Crippen LogP contribution in [0, 0.1) is 12.7 Å². The van der Waals surface area contributed by atoms with E-state index in [1.54, 1.807) is 6.07 Å². The predicted octanol–water partition coefficient (Wildman–Crippen LogP) is 1.73. The van der Waals surface area contributed by atoms with Gasteiger partial charge in [-0.3, -0.25) is 0 Å². The summed E-state index contributed by atoms with van der Waals surface area (Å²) in [5.41, 5.74) is 1.71. The lowest BCUT2D eigenvalue weighted by atomic mass is 10.3. The Morgan fingerprint density at radius 2 is 2.00 bits per heavy atom. The summed E-state index contributed by atoms with van der Waals surface area (Å²) in [6.45, 7) is 5.78. The smallest absolute Gasteiger partial charge is 0.132 e. The Morgan fingerprint density at radius 1 is 1.21 bits per heavy atom. The molecule has 2 heterocycles. The summed E-state index contributed by atoms with van der Waals surface area (Å²) in [5, 5.41) is 7.81. The van der Waals surface area contributed by atoms with E-state index < -0.39 is 0 Å². The molecule has 1 fully saturated rings. The monoisotopic (exact) mass is 260 g/mol. The van der Waals surface area contributed by atoms with E-state index in [4.69, 9.17) is 0 Å². The lowest BCUT2D eigenvalue weighted by molar-refractivity contribution is 0.578. The van der Waals surface area contributed by atoms with E-state index in [9.17, 15) is 4.39 Å². The van der Waals surface area contributed by atoms with E-state index in [1.807, 2.05) is 17.7 Å². The second-order valence-electron chi connectivity index (χ2n) is 4.77. The van der Waals surface area contributed by atoms with E-state index in [2.05, 4.69) is 21.4 Å². The first-order valence-corrected chi connectivity index (χ1v) is 6.52. The van der Waals surface area contributed by atoms with Gasteiger partial charge < -0.3 is 10.2 Å². The molecule has 0 bridgehead atoms. The van der Waals surface area contributed by atoms with Crippen molar-refractivity contribution in [2.24, 2.45) is 0 Å². The fraction of sp³-hybridized carbons (Fsp3) is 0.357. The number of rotatable bonds is 2. The standard InChI is InChI=1S/C14H17FN4/c1-11-9-14(18-7-5-16-6-8-18)19(17-11)13-4-2-3-12(15)10-13/h2-4,9-10,16H,5-8H2,1H3. The summed E-state index contributed by atoms with van der Waals surface area (Å²) in [6, 6.07) is 8.60. The first-order chi connectivity index (χ1) is 9.24. The number of nitrogens with one attached hydrogen (secondary N) is 1. The summed E-state index contributed by atoms with van der Waals surface area (Å²) in [6.07, 6.45) is 0. The second kappa shape index (κ2) is 5.01. The molecule has 1 aliphatic rings. The molecule has 0 atom stereocenters. The Labute approximate surface area is 111 Å². The summed E-state index contributed by atoms with van der Waals surface area (Å²) in [5.74, 6) is 0.793. The van der Waals surface area contributed by atoms with Crippen LogP contribution in [0.2, 0.25) is 0 Å². The van der Waals surface area contributed by atoms with Gasteiger partial charge in [0.25, 0.3) is 0 Å². The van der Waals surface area contributed by atoms with Crippen LogP contribution >= 0.6 is 0 Å². The lowest BCUT2D eigenvalue weighted by Gasteiger charge is -2.29. The number of hydrogen-bond acceptors (Lipinski definition) is 3. The number of aryl methyl sites for hydroxylation is 1. The minimum Gasteiger partial charge on any atom is -0.354 e. The van der Waals surface area contributed by atoms with Crippen molar-refractivity contribution in [1.29, 1.82) is 0 Å². The van der Waals surface area contributed by atoms with E-state index in [0.29, 0.717) is 0 Å². The maximum Gasteiger partial charge on any atom is 0.132 e. The molecule has 4 nitrogen and oxygen atoms in total. The fourth-order valence-corrected chi connectivity index (χ4v) is 2.40. The molecular formula is C14H17FN4. The van der Waals surface area contributed by atoms with Gasteiger partial charge in [-0.2, -0.15) is 5.10 Å². The fourth-order valence-electron chi connectivity index (χ4n) is 2.40. The van der Waals surface area contributed by atoms with Crippen LogP contribution in [0.3, 0.4) is 0 Å². The molecule has 1 N–H and O–H groups in total. The van der Waals surface area contributed by atoms with Crippen molar-refractivity contribution in [3.8, 4) is 5.69 Å². The van der Waals surface area contributed by atoms with E-state index in [1.165, 1.54) is 12.1 Å². The van der Waals surface area contributed by atoms with E-state index in [0.717, 1.165) is 43.4 Å². The van der Waals surface area contributed by atoms with Crippen molar-refractivity contribution in [2.45, 2.75) is 6.92 Å². The van der Waals surface area contributed by atoms with Crippen LogP contribution in [-0.4, -0.2) is 36.0 Å². The predicted molar refractivity (Wildman–Crippen MR) is 73.3 cm³/mol. The molecule has 3 rings (SSSR count). The Balaban J connectivity index is 2.01. The molecule has 1 aromatic heterocycles. The van der Waals surface area contributed by atoms with Crippen LogP contribution in [0.25, 0.3) is 5.69 Å². The van der Waals surface area contributed by atoms with Crippen LogP contribution in [0.4, 0.5) is 10.2 Å². The number of piperazine rings is 1.